The summed E-state index contributed by atoms with van der Waals surface area (Å²) in [6.45, 7) is 0.341. The van der Waals surface area contributed by atoms with Gasteiger partial charge in [-0.1, -0.05) is 36.4 Å². The van der Waals surface area contributed by atoms with E-state index in [-0.39, 0.29) is 0 Å². The van der Waals surface area contributed by atoms with Crippen LogP contribution in [0.4, 0.5) is 5.69 Å². The van der Waals surface area contributed by atoms with Gasteiger partial charge < -0.3 is 5.32 Å². The lowest BCUT2D eigenvalue weighted by molar-refractivity contribution is 1.33. The summed E-state index contributed by atoms with van der Waals surface area (Å²) in [7, 11) is 0. The maximum absolute atomic E-state index is 8.49. The monoisotopic (exact) mass is 182 g/mol. The molecule has 2 nitrogen and oxygen atoms in total. The summed E-state index contributed by atoms with van der Waals surface area (Å²) < 4.78 is 0. The summed E-state index contributed by atoms with van der Waals surface area (Å²) in [4.78, 5) is 0. The SMILES string of the molecule is N#CCNc1cccc2ccccc12. The van der Waals surface area contributed by atoms with Crippen molar-refractivity contribution in [2.75, 3.05) is 11.9 Å². The Kier molecular flexibility index (Phi) is 2.33. The van der Waals surface area contributed by atoms with Gasteiger partial charge in [-0.3, -0.25) is 0 Å². The molecule has 0 saturated heterocycles. The molecule has 68 valence electrons. The van der Waals surface area contributed by atoms with Crippen LogP contribution in [0.3, 0.4) is 0 Å². The molecule has 0 amide bonds. The van der Waals surface area contributed by atoms with Gasteiger partial charge in [-0.2, -0.15) is 5.26 Å². The van der Waals surface area contributed by atoms with E-state index in [1.54, 1.807) is 0 Å². The van der Waals surface area contributed by atoms with Gasteiger partial charge in [0.15, 0.2) is 0 Å². The maximum atomic E-state index is 8.49. The van der Waals surface area contributed by atoms with E-state index in [1.807, 2.05) is 24.3 Å². The molecule has 0 fully saturated rings. The first kappa shape index (κ1) is 8.58. The van der Waals surface area contributed by atoms with Crippen molar-refractivity contribution in [3.63, 3.8) is 0 Å². The van der Waals surface area contributed by atoms with Gasteiger partial charge in [0.25, 0.3) is 0 Å². The molecule has 0 aliphatic heterocycles. The van der Waals surface area contributed by atoms with Crippen LogP contribution in [-0.2, 0) is 0 Å². The number of hydrogen-bond donors (Lipinski definition) is 1. The summed E-state index contributed by atoms with van der Waals surface area (Å²) in [5.41, 5.74) is 1.02. The Morgan fingerprint density at radius 1 is 1.07 bits per heavy atom. The van der Waals surface area contributed by atoms with Crippen molar-refractivity contribution in [2.45, 2.75) is 0 Å². The highest BCUT2D eigenvalue weighted by molar-refractivity contribution is 5.93. The summed E-state index contributed by atoms with van der Waals surface area (Å²) in [6.07, 6.45) is 0. The van der Waals surface area contributed by atoms with Gasteiger partial charge in [-0.25, -0.2) is 0 Å². The van der Waals surface area contributed by atoms with E-state index in [0.29, 0.717) is 6.54 Å². The maximum Gasteiger partial charge on any atom is 0.103 e. The van der Waals surface area contributed by atoms with Crippen LogP contribution in [0, 0.1) is 11.3 Å². The third-order valence-electron chi connectivity index (χ3n) is 2.15. The number of fused-ring (bicyclic) bond motifs is 1. The van der Waals surface area contributed by atoms with E-state index in [2.05, 4.69) is 29.6 Å². The van der Waals surface area contributed by atoms with Crippen molar-refractivity contribution < 1.29 is 0 Å². The van der Waals surface area contributed by atoms with Crippen LogP contribution in [0.1, 0.15) is 0 Å². The fraction of sp³-hybridized carbons (Fsp3) is 0.0833. The average Bonchev–Trinajstić information content (AvgIpc) is 2.26. The van der Waals surface area contributed by atoms with Crippen molar-refractivity contribution in [3.05, 3.63) is 42.5 Å². The van der Waals surface area contributed by atoms with Gasteiger partial charge in [0.2, 0.25) is 0 Å². The first-order valence-electron chi connectivity index (χ1n) is 4.50. The van der Waals surface area contributed by atoms with Crippen molar-refractivity contribution in [1.29, 1.82) is 5.26 Å². The standard InChI is InChI=1S/C12H10N2/c13-8-9-14-12-7-3-5-10-4-1-2-6-11(10)12/h1-7,14H,9H2. The second-order valence-corrected chi connectivity index (χ2v) is 3.04. The van der Waals surface area contributed by atoms with Crippen LogP contribution in [0.25, 0.3) is 10.8 Å². The number of benzene rings is 2. The topological polar surface area (TPSA) is 35.8 Å². The second-order valence-electron chi connectivity index (χ2n) is 3.04. The smallest absolute Gasteiger partial charge is 0.103 e. The molecule has 2 heteroatoms. The van der Waals surface area contributed by atoms with Crippen molar-refractivity contribution in [2.24, 2.45) is 0 Å². The minimum atomic E-state index is 0.341. The number of nitriles is 1. The van der Waals surface area contributed by atoms with E-state index in [1.165, 1.54) is 5.39 Å². The van der Waals surface area contributed by atoms with E-state index in [4.69, 9.17) is 5.26 Å². The molecule has 1 N–H and O–H groups in total. The number of anilines is 1. The van der Waals surface area contributed by atoms with Crippen LogP contribution in [0.2, 0.25) is 0 Å². The van der Waals surface area contributed by atoms with Gasteiger partial charge in [0, 0.05) is 11.1 Å². The first-order chi connectivity index (χ1) is 6.92. The van der Waals surface area contributed by atoms with Crippen molar-refractivity contribution in [3.8, 4) is 6.07 Å². The summed E-state index contributed by atoms with van der Waals surface area (Å²) in [5.74, 6) is 0. The van der Waals surface area contributed by atoms with Gasteiger partial charge in [0.1, 0.15) is 6.54 Å². The Bertz CT molecular complexity index is 478. The molecular weight excluding hydrogens is 172 g/mol. The lowest BCUT2D eigenvalue weighted by atomic mass is 10.1. The molecule has 0 aliphatic rings. The van der Waals surface area contributed by atoms with Crippen LogP contribution < -0.4 is 5.32 Å². The Balaban J connectivity index is 2.49. The van der Waals surface area contributed by atoms with Crippen molar-refractivity contribution in [1.82, 2.24) is 0 Å². The predicted molar refractivity (Wildman–Crippen MR) is 58.1 cm³/mol. The fourth-order valence-electron chi connectivity index (χ4n) is 1.51. The quantitative estimate of drug-likeness (QED) is 0.725. The molecule has 2 aromatic rings. The Morgan fingerprint density at radius 3 is 2.71 bits per heavy atom. The molecule has 14 heavy (non-hydrogen) atoms. The summed E-state index contributed by atoms with van der Waals surface area (Å²) in [5, 5.41) is 13.9. The van der Waals surface area contributed by atoms with Gasteiger partial charge >= 0.3 is 0 Å². The molecule has 0 atom stereocenters. The molecule has 0 aromatic heterocycles. The van der Waals surface area contributed by atoms with Crippen LogP contribution in [-0.4, -0.2) is 6.54 Å². The van der Waals surface area contributed by atoms with Gasteiger partial charge in [-0.15, -0.1) is 0 Å². The highest BCUT2D eigenvalue weighted by atomic mass is 14.9. The second kappa shape index (κ2) is 3.80. The first-order valence-corrected chi connectivity index (χ1v) is 4.50. The zero-order valence-electron chi connectivity index (χ0n) is 7.70. The predicted octanol–water partition coefficient (Wildman–Crippen LogP) is 2.78. The molecule has 0 unspecified atom stereocenters. The molecule has 0 saturated carbocycles. The fourth-order valence-corrected chi connectivity index (χ4v) is 1.51. The third-order valence-corrected chi connectivity index (χ3v) is 2.15. The number of nitrogens with one attached hydrogen (secondary N) is 1. The summed E-state index contributed by atoms with van der Waals surface area (Å²) in [6, 6.07) is 16.2. The average molecular weight is 182 g/mol. The molecule has 0 aliphatic carbocycles. The zero-order chi connectivity index (χ0) is 9.80. The number of rotatable bonds is 2. The lowest BCUT2D eigenvalue weighted by Crippen LogP contribution is -1.98. The highest BCUT2D eigenvalue weighted by Gasteiger charge is 1.97. The lowest BCUT2D eigenvalue weighted by Gasteiger charge is -2.05. The number of nitrogens with zero attached hydrogens (tertiary/aromatic N) is 1. The normalized spacial score (nSPS) is 9.64. The van der Waals surface area contributed by atoms with Crippen molar-refractivity contribution >= 4 is 16.5 Å². The molecule has 0 bridgehead atoms. The molecule has 0 spiro atoms. The van der Waals surface area contributed by atoms with E-state index >= 15 is 0 Å². The molecule has 0 radical (unpaired) electrons. The van der Waals surface area contributed by atoms with Crippen LogP contribution in [0.15, 0.2) is 42.5 Å². The number of hydrogen-bond acceptors (Lipinski definition) is 2. The van der Waals surface area contributed by atoms with Gasteiger partial charge in [0.05, 0.1) is 6.07 Å². The van der Waals surface area contributed by atoms with E-state index < -0.39 is 0 Å². The van der Waals surface area contributed by atoms with Crippen LogP contribution >= 0.6 is 0 Å². The highest BCUT2D eigenvalue weighted by Crippen LogP contribution is 2.22. The molecule has 2 rings (SSSR count). The van der Waals surface area contributed by atoms with E-state index in [0.717, 1.165) is 11.1 Å². The minimum Gasteiger partial charge on any atom is -0.372 e. The minimum absolute atomic E-state index is 0.341. The Hall–Kier alpha value is -2.01. The van der Waals surface area contributed by atoms with E-state index in [9.17, 15) is 0 Å². The Morgan fingerprint density at radius 2 is 1.86 bits per heavy atom. The molecule has 2 aromatic carbocycles. The molecular formula is C12H10N2. The third kappa shape index (κ3) is 1.53. The largest absolute Gasteiger partial charge is 0.372 e. The zero-order valence-corrected chi connectivity index (χ0v) is 7.70. The van der Waals surface area contributed by atoms with Gasteiger partial charge in [-0.05, 0) is 11.5 Å². The Labute approximate surface area is 82.8 Å². The summed E-state index contributed by atoms with van der Waals surface area (Å²) >= 11 is 0. The van der Waals surface area contributed by atoms with Crippen LogP contribution in [0.5, 0.6) is 0 Å². The molecule has 0 heterocycles.